The zero-order valence-corrected chi connectivity index (χ0v) is 22.5. The highest BCUT2D eigenvalue weighted by Gasteiger charge is 2.35. The molecule has 5 rings (SSSR count). The predicted molar refractivity (Wildman–Crippen MR) is 142 cm³/mol. The third-order valence-electron chi connectivity index (χ3n) is 6.64. The minimum atomic E-state index is -0.869. The molecule has 0 saturated heterocycles. The lowest BCUT2D eigenvalue weighted by Crippen LogP contribution is -2.42. The molecule has 0 radical (unpaired) electrons. The molecule has 3 aromatic rings. The van der Waals surface area contributed by atoms with Gasteiger partial charge in [0.15, 0.2) is 17.3 Å². The van der Waals surface area contributed by atoms with E-state index in [1.165, 1.54) is 26.4 Å². The van der Waals surface area contributed by atoms with Crippen molar-refractivity contribution in [3.8, 4) is 17.2 Å². The monoisotopic (exact) mass is 557 g/mol. The summed E-state index contributed by atoms with van der Waals surface area (Å²) in [6.07, 6.45) is 1.05. The Bertz CT molecular complexity index is 1400. The van der Waals surface area contributed by atoms with E-state index in [9.17, 15) is 4.79 Å². The molecule has 3 heterocycles. The highest BCUT2D eigenvalue weighted by atomic mass is 35.5. The average molecular weight is 558 g/mol. The molecular weight excluding hydrogens is 529 g/mol. The van der Waals surface area contributed by atoms with Crippen LogP contribution < -0.4 is 20.5 Å². The first-order chi connectivity index (χ1) is 18.9. The van der Waals surface area contributed by atoms with Crippen molar-refractivity contribution in [3.63, 3.8) is 0 Å². The number of carbonyl (C=O) groups is 1. The Morgan fingerprint density at radius 1 is 1.21 bits per heavy atom. The number of hydrazine groups is 2. The highest BCUT2D eigenvalue weighted by molar-refractivity contribution is 6.30. The van der Waals surface area contributed by atoms with Gasteiger partial charge in [0.2, 0.25) is 0 Å². The molecular formula is C27H29ClFN5O5. The molecule has 0 saturated carbocycles. The van der Waals surface area contributed by atoms with Crippen LogP contribution in [0.1, 0.15) is 48.8 Å². The summed E-state index contributed by atoms with van der Waals surface area (Å²) in [4.78, 5) is 12.0. The van der Waals surface area contributed by atoms with Crippen molar-refractivity contribution in [2.45, 2.75) is 32.0 Å². The number of aromatic nitrogens is 1. The SMILES string of the molecule is CCOC(=O)CC1=NNNN1CCC1OC(c2c(F)ccc(OC)c2OC)c2cc(Cl)ccc2-n2cccc21. The van der Waals surface area contributed by atoms with Gasteiger partial charge in [-0.25, -0.2) is 9.93 Å². The van der Waals surface area contributed by atoms with E-state index in [2.05, 4.69) is 16.2 Å². The van der Waals surface area contributed by atoms with Crippen molar-refractivity contribution < 1.29 is 28.1 Å². The minimum Gasteiger partial charge on any atom is -0.493 e. The highest BCUT2D eigenvalue weighted by Crippen LogP contribution is 2.47. The Morgan fingerprint density at radius 3 is 2.82 bits per heavy atom. The van der Waals surface area contributed by atoms with Crippen LogP contribution in [0.3, 0.4) is 0 Å². The van der Waals surface area contributed by atoms with E-state index in [-0.39, 0.29) is 30.3 Å². The van der Waals surface area contributed by atoms with E-state index < -0.39 is 18.0 Å². The number of benzene rings is 2. The molecule has 12 heteroatoms. The Hall–Kier alpha value is -3.80. The van der Waals surface area contributed by atoms with Crippen LogP contribution in [0.15, 0.2) is 53.8 Å². The van der Waals surface area contributed by atoms with Crippen LogP contribution in [0.5, 0.6) is 11.5 Å². The molecule has 39 heavy (non-hydrogen) atoms. The number of amidine groups is 1. The lowest BCUT2D eigenvalue weighted by molar-refractivity contribution is -0.141. The van der Waals surface area contributed by atoms with E-state index in [0.29, 0.717) is 35.1 Å². The van der Waals surface area contributed by atoms with E-state index >= 15 is 4.39 Å². The number of carbonyl (C=O) groups excluding carboxylic acids is 1. The summed E-state index contributed by atoms with van der Waals surface area (Å²) in [5.74, 6) is 0.244. The van der Waals surface area contributed by atoms with Gasteiger partial charge in [-0.15, -0.1) is 10.6 Å². The van der Waals surface area contributed by atoms with Crippen molar-refractivity contribution in [1.82, 2.24) is 20.6 Å². The van der Waals surface area contributed by atoms with E-state index in [1.54, 1.807) is 24.1 Å². The topological polar surface area (TPSA) is 98.6 Å². The average Bonchev–Trinajstić information content (AvgIpc) is 3.56. The number of nitrogens with zero attached hydrogens (tertiary/aromatic N) is 3. The zero-order valence-electron chi connectivity index (χ0n) is 21.7. The van der Waals surface area contributed by atoms with Crippen LogP contribution in [0, 0.1) is 5.82 Å². The molecule has 10 nitrogen and oxygen atoms in total. The Morgan fingerprint density at radius 2 is 2.05 bits per heavy atom. The fraction of sp³-hybridized carbons (Fsp3) is 0.333. The Balaban J connectivity index is 1.52. The van der Waals surface area contributed by atoms with Crippen molar-refractivity contribution >= 4 is 23.4 Å². The summed E-state index contributed by atoms with van der Waals surface area (Å²) < 4.78 is 40.5. The smallest absolute Gasteiger partial charge is 0.313 e. The molecule has 0 amide bonds. The summed E-state index contributed by atoms with van der Waals surface area (Å²) in [6.45, 7) is 2.46. The number of hydrazone groups is 1. The van der Waals surface area contributed by atoms with Gasteiger partial charge < -0.3 is 23.5 Å². The van der Waals surface area contributed by atoms with Crippen LogP contribution in [0.25, 0.3) is 5.69 Å². The molecule has 1 aromatic heterocycles. The van der Waals surface area contributed by atoms with E-state index in [4.69, 9.17) is 30.5 Å². The molecule has 0 bridgehead atoms. The number of rotatable bonds is 9. The fourth-order valence-electron chi connectivity index (χ4n) is 4.93. The van der Waals surface area contributed by atoms with Crippen LogP contribution >= 0.6 is 11.6 Å². The zero-order chi connectivity index (χ0) is 27.5. The van der Waals surface area contributed by atoms with Gasteiger partial charge in [0.05, 0.1) is 37.8 Å². The van der Waals surface area contributed by atoms with Gasteiger partial charge in [0, 0.05) is 23.3 Å². The van der Waals surface area contributed by atoms with Gasteiger partial charge in [-0.05, 0) is 55.8 Å². The molecule has 2 aromatic carbocycles. The summed E-state index contributed by atoms with van der Waals surface area (Å²) in [6, 6.07) is 12.2. The van der Waals surface area contributed by atoms with Crippen molar-refractivity contribution in [2.24, 2.45) is 5.10 Å². The summed E-state index contributed by atoms with van der Waals surface area (Å²) >= 11 is 6.43. The third kappa shape index (κ3) is 5.25. The number of halogens is 2. The standard InChI is InChI=1S/C27H29ClFN5O5/c1-4-38-24(35)15-23-30-31-32-34(23)13-11-21-20-6-5-12-33(20)19-9-7-16(28)14-17(19)26(39-21)25-18(29)8-10-22(36-2)27(25)37-3/h5-10,12,14,21,26,31-32H,4,11,13,15H2,1-3H3. The molecule has 2 unspecified atom stereocenters. The normalized spacial score (nSPS) is 18.0. The lowest BCUT2D eigenvalue weighted by atomic mass is 9.97. The van der Waals surface area contributed by atoms with Gasteiger partial charge >= 0.3 is 5.97 Å². The Kier molecular flexibility index (Phi) is 7.92. The van der Waals surface area contributed by atoms with E-state index in [0.717, 1.165) is 11.4 Å². The van der Waals surface area contributed by atoms with Gasteiger partial charge in [-0.2, -0.15) is 0 Å². The largest absolute Gasteiger partial charge is 0.493 e. The van der Waals surface area contributed by atoms with Crippen molar-refractivity contribution in [2.75, 3.05) is 27.4 Å². The fourth-order valence-corrected chi connectivity index (χ4v) is 5.11. The third-order valence-corrected chi connectivity index (χ3v) is 6.87. The molecule has 0 fully saturated rings. The number of esters is 1. The van der Waals surface area contributed by atoms with Gasteiger partial charge in [-0.1, -0.05) is 11.6 Å². The number of ether oxygens (including phenoxy) is 4. The number of nitrogens with one attached hydrogen (secondary N) is 2. The predicted octanol–water partition coefficient (Wildman–Crippen LogP) is 4.43. The molecule has 2 aliphatic heterocycles. The Labute approximate surface area is 230 Å². The maximum absolute atomic E-state index is 15.6. The number of hydrogen-bond acceptors (Lipinski definition) is 9. The second-order valence-electron chi connectivity index (χ2n) is 8.88. The molecule has 2 atom stereocenters. The first-order valence-electron chi connectivity index (χ1n) is 12.5. The molecule has 0 spiro atoms. The van der Waals surface area contributed by atoms with E-state index in [1.807, 2.05) is 29.0 Å². The van der Waals surface area contributed by atoms with Gasteiger partial charge in [0.25, 0.3) is 0 Å². The maximum atomic E-state index is 15.6. The molecule has 0 aliphatic carbocycles. The van der Waals surface area contributed by atoms with Crippen LogP contribution in [0.2, 0.25) is 5.02 Å². The molecule has 206 valence electrons. The summed E-state index contributed by atoms with van der Waals surface area (Å²) in [5.41, 5.74) is 8.19. The first-order valence-corrected chi connectivity index (χ1v) is 12.9. The molecule has 2 N–H and O–H groups in total. The van der Waals surface area contributed by atoms with Crippen LogP contribution in [-0.4, -0.2) is 48.8 Å². The second kappa shape index (κ2) is 11.5. The minimum absolute atomic E-state index is 0.00846. The lowest BCUT2D eigenvalue weighted by Gasteiger charge is -2.27. The summed E-state index contributed by atoms with van der Waals surface area (Å²) in [5, 5.41) is 6.37. The molecule has 2 aliphatic rings. The second-order valence-corrected chi connectivity index (χ2v) is 9.32. The number of fused-ring (bicyclic) bond motifs is 3. The van der Waals surface area contributed by atoms with Crippen molar-refractivity contribution in [1.29, 1.82) is 0 Å². The number of methoxy groups -OCH3 is 2. The van der Waals surface area contributed by atoms with Crippen molar-refractivity contribution in [3.05, 3.63) is 76.3 Å². The van der Waals surface area contributed by atoms with Crippen LogP contribution in [0.4, 0.5) is 4.39 Å². The maximum Gasteiger partial charge on any atom is 0.313 e. The van der Waals surface area contributed by atoms with Gasteiger partial charge in [-0.3, -0.25) is 9.80 Å². The summed E-state index contributed by atoms with van der Waals surface area (Å²) in [7, 11) is 2.97. The van der Waals surface area contributed by atoms with Gasteiger partial charge in [0.1, 0.15) is 24.4 Å². The number of hydrogen-bond donors (Lipinski definition) is 2. The first kappa shape index (κ1) is 26.8. The van der Waals surface area contributed by atoms with Crippen LogP contribution in [-0.2, 0) is 14.3 Å². The quantitative estimate of drug-likeness (QED) is 0.373.